The Kier molecular flexibility index (Phi) is 3.69. The van der Waals surface area contributed by atoms with Gasteiger partial charge in [-0.3, -0.25) is 4.57 Å². The SMILES string of the molecule is CCC(O)(C[N+](C)(C)C)P(=O)(O)O. The lowest BCUT2D eigenvalue weighted by atomic mass is 10.2. The Hall–Kier alpha value is 0.0700. The summed E-state index contributed by atoms with van der Waals surface area (Å²) in [5.41, 5.74) is 0. The van der Waals surface area contributed by atoms with E-state index in [-0.39, 0.29) is 13.0 Å². The Bertz CT molecular complexity index is 219. The van der Waals surface area contributed by atoms with Crippen molar-refractivity contribution >= 4 is 7.60 Å². The summed E-state index contributed by atoms with van der Waals surface area (Å²) >= 11 is 0. The molecule has 0 saturated heterocycles. The molecule has 0 spiro atoms. The van der Waals surface area contributed by atoms with E-state index < -0.39 is 12.9 Å². The molecule has 0 heterocycles. The van der Waals surface area contributed by atoms with E-state index >= 15 is 0 Å². The van der Waals surface area contributed by atoms with Crippen LogP contribution in [0.1, 0.15) is 13.3 Å². The van der Waals surface area contributed by atoms with Gasteiger partial charge < -0.3 is 19.4 Å². The molecule has 1 unspecified atom stereocenters. The van der Waals surface area contributed by atoms with Gasteiger partial charge in [0.1, 0.15) is 6.54 Å². The third-order valence-corrected chi connectivity index (χ3v) is 3.38. The first kappa shape index (κ1) is 13.1. The molecule has 0 bridgehead atoms. The normalized spacial score (nSPS) is 18.4. The fourth-order valence-corrected chi connectivity index (χ4v) is 2.19. The predicted molar refractivity (Wildman–Crippen MR) is 50.2 cm³/mol. The second-order valence-corrected chi connectivity index (χ2v) is 6.25. The van der Waals surface area contributed by atoms with Crippen molar-refractivity contribution in [3.8, 4) is 0 Å². The van der Waals surface area contributed by atoms with Crippen LogP contribution >= 0.6 is 7.60 Å². The average Bonchev–Trinajstić information content (AvgIpc) is 1.81. The lowest BCUT2D eigenvalue weighted by molar-refractivity contribution is -0.875. The molecule has 5 nitrogen and oxygen atoms in total. The van der Waals surface area contributed by atoms with Crippen LogP contribution in [0.2, 0.25) is 0 Å². The van der Waals surface area contributed by atoms with E-state index in [1.165, 1.54) is 0 Å². The molecule has 80 valence electrons. The molecule has 0 aliphatic carbocycles. The number of hydrogen-bond donors (Lipinski definition) is 3. The van der Waals surface area contributed by atoms with Crippen molar-refractivity contribution in [1.82, 2.24) is 0 Å². The van der Waals surface area contributed by atoms with Crippen LogP contribution in [0.25, 0.3) is 0 Å². The third-order valence-electron chi connectivity index (χ3n) is 1.84. The average molecular weight is 212 g/mol. The van der Waals surface area contributed by atoms with E-state index in [0.717, 1.165) is 0 Å². The molecule has 0 rings (SSSR count). The molecule has 0 aromatic rings. The number of rotatable bonds is 4. The van der Waals surface area contributed by atoms with E-state index in [2.05, 4.69) is 0 Å². The van der Waals surface area contributed by atoms with Gasteiger partial charge in [0.25, 0.3) is 0 Å². The standard InChI is InChI=1S/C7H18NO4P/c1-5-7(9,13(10,11)12)6-8(2,3)4/h9H,5-6H2,1-4H3,(H-,10,11,12)/p+1. The molecule has 0 amide bonds. The second-order valence-electron chi connectivity index (χ2n) is 4.33. The Morgan fingerprint density at radius 1 is 1.31 bits per heavy atom. The molecule has 0 aliphatic heterocycles. The quantitative estimate of drug-likeness (QED) is 0.451. The smallest absolute Gasteiger partial charge is 0.362 e. The molecule has 13 heavy (non-hydrogen) atoms. The molecule has 1 atom stereocenters. The molecule has 0 aromatic heterocycles. The highest BCUT2D eigenvalue weighted by atomic mass is 31.2. The van der Waals surface area contributed by atoms with Crippen molar-refractivity contribution in [3.63, 3.8) is 0 Å². The van der Waals surface area contributed by atoms with Gasteiger partial charge in [-0.25, -0.2) is 0 Å². The van der Waals surface area contributed by atoms with Crippen LogP contribution in [0.3, 0.4) is 0 Å². The minimum atomic E-state index is -4.44. The van der Waals surface area contributed by atoms with Gasteiger partial charge in [-0.1, -0.05) is 6.92 Å². The molecular formula is C7H19NO4P+. The summed E-state index contributed by atoms with van der Waals surface area (Å²) in [5, 5.41) is 7.82. The zero-order chi connectivity index (χ0) is 10.9. The zero-order valence-corrected chi connectivity index (χ0v) is 9.45. The first-order valence-electron chi connectivity index (χ1n) is 4.10. The summed E-state index contributed by atoms with van der Waals surface area (Å²) in [7, 11) is 0.878. The topological polar surface area (TPSA) is 77.8 Å². The van der Waals surface area contributed by atoms with E-state index in [0.29, 0.717) is 4.48 Å². The van der Waals surface area contributed by atoms with Crippen molar-refractivity contribution in [2.75, 3.05) is 27.7 Å². The second kappa shape index (κ2) is 3.67. The van der Waals surface area contributed by atoms with Crippen molar-refractivity contribution in [2.45, 2.75) is 18.7 Å². The fourth-order valence-electron chi connectivity index (χ4n) is 1.17. The summed E-state index contributed by atoms with van der Waals surface area (Å²) in [6.45, 7) is 1.60. The van der Waals surface area contributed by atoms with E-state index in [9.17, 15) is 9.67 Å². The van der Waals surface area contributed by atoms with Gasteiger partial charge in [-0.15, -0.1) is 0 Å². The molecule has 0 aromatic carbocycles. The van der Waals surface area contributed by atoms with Crippen molar-refractivity contribution < 1.29 is 23.9 Å². The van der Waals surface area contributed by atoms with Gasteiger partial charge in [0.2, 0.25) is 5.34 Å². The Balaban J connectivity index is 4.78. The van der Waals surface area contributed by atoms with Gasteiger partial charge >= 0.3 is 7.60 Å². The summed E-state index contributed by atoms with van der Waals surface area (Å²) in [6.07, 6.45) is 0.0484. The zero-order valence-electron chi connectivity index (χ0n) is 8.56. The number of likely N-dealkylation sites (N-methyl/N-ethyl adjacent to an activating group) is 1. The molecule has 3 N–H and O–H groups in total. The van der Waals surface area contributed by atoms with Crippen molar-refractivity contribution in [3.05, 3.63) is 0 Å². The van der Waals surface area contributed by atoms with Crippen LogP contribution in [0.4, 0.5) is 0 Å². The number of hydrogen-bond acceptors (Lipinski definition) is 2. The third kappa shape index (κ3) is 3.75. The van der Waals surface area contributed by atoms with E-state index in [1.807, 2.05) is 0 Å². The maximum atomic E-state index is 11.0. The monoisotopic (exact) mass is 212 g/mol. The number of nitrogens with zero attached hydrogens (tertiary/aromatic N) is 1. The highest BCUT2D eigenvalue weighted by Crippen LogP contribution is 2.51. The molecule has 6 heteroatoms. The summed E-state index contributed by atoms with van der Waals surface area (Å²) in [4.78, 5) is 17.9. The van der Waals surface area contributed by atoms with Crippen LogP contribution in [-0.2, 0) is 4.57 Å². The first-order valence-corrected chi connectivity index (χ1v) is 5.71. The molecule has 0 radical (unpaired) electrons. The van der Waals surface area contributed by atoms with Crippen LogP contribution < -0.4 is 0 Å². The largest absolute Gasteiger partial charge is 0.373 e. The van der Waals surface area contributed by atoms with Crippen molar-refractivity contribution in [1.29, 1.82) is 0 Å². The highest BCUT2D eigenvalue weighted by molar-refractivity contribution is 7.53. The maximum Gasteiger partial charge on any atom is 0.362 e. The summed E-state index contributed by atoms with van der Waals surface area (Å²) in [6, 6.07) is 0. The van der Waals surface area contributed by atoms with Crippen LogP contribution in [-0.4, -0.2) is 52.4 Å². The van der Waals surface area contributed by atoms with E-state index in [4.69, 9.17) is 9.79 Å². The molecule has 0 fully saturated rings. The molecular weight excluding hydrogens is 193 g/mol. The van der Waals surface area contributed by atoms with Crippen LogP contribution in [0, 0.1) is 0 Å². The Morgan fingerprint density at radius 2 is 1.69 bits per heavy atom. The number of aliphatic hydroxyl groups is 1. The van der Waals surface area contributed by atoms with Gasteiger partial charge in [0, 0.05) is 0 Å². The summed E-state index contributed by atoms with van der Waals surface area (Å²) in [5.74, 6) is 0. The van der Waals surface area contributed by atoms with Gasteiger partial charge in [-0.2, -0.15) is 0 Å². The lowest BCUT2D eigenvalue weighted by Gasteiger charge is -2.34. The highest BCUT2D eigenvalue weighted by Gasteiger charge is 2.47. The van der Waals surface area contributed by atoms with Crippen LogP contribution in [0.5, 0.6) is 0 Å². The summed E-state index contributed by atoms with van der Waals surface area (Å²) < 4.78 is 11.3. The first-order chi connectivity index (χ1) is 5.52. The Labute approximate surface area is 78.7 Å². The van der Waals surface area contributed by atoms with Crippen molar-refractivity contribution in [2.24, 2.45) is 0 Å². The fraction of sp³-hybridized carbons (Fsp3) is 1.00. The maximum absolute atomic E-state index is 11.0. The number of quaternary nitrogens is 1. The Morgan fingerprint density at radius 3 is 1.77 bits per heavy atom. The minimum Gasteiger partial charge on any atom is -0.373 e. The minimum absolute atomic E-state index is 0.0355. The van der Waals surface area contributed by atoms with Crippen LogP contribution in [0.15, 0.2) is 0 Å². The molecule has 0 aliphatic rings. The van der Waals surface area contributed by atoms with Gasteiger partial charge in [-0.05, 0) is 6.42 Å². The predicted octanol–water partition coefficient (Wildman–Crippen LogP) is -0.0311. The van der Waals surface area contributed by atoms with Gasteiger partial charge in [0.15, 0.2) is 0 Å². The van der Waals surface area contributed by atoms with Gasteiger partial charge in [0.05, 0.1) is 21.1 Å². The molecule has 0 saturated carbocycles. The van der Waals surface area contributed by atoms with E-state index in [1.54, 1.807) is 28.1 Å². The lowest BCUT2D eigenvalue weighted by Crippen LogP contribution is -2.48.